The lowest BCUT2D eigenvalue weighted by Crippen LogP contribution is -2.00. The van der Waals surface area contributed by atoms with Gasteiger partial charge in [0.05, 0.1) is 27.8 Å². The van der Waals surface area contributed by atoms with E-state index in [0.29, 0.717) is 0 Å². The summed E-state index contributed by atoms with van der Waals surface area (Å²) in [5, 5.41) is 5.71. The molecule has 7 aromatic carbocycles. The average molecular weight is 595 g/mol. The maximum absolute atomic E-state index is 6.90. The zero-order valence-electron chi connectivity index (χ0n) is 24.4. The van der Waals surface area contributed by atoms with Gasteiger partial charge in [0.2, 0.25) is 0 Å². The molecule has 0 bridgehead atoms. The smallest absolute Gasteiger partial charge is 0.0541 e. The predicted molar refractivity (Wildman–Crippen MR) is 191 cm³/mol. The van der Waals surface area contributed by atoms with Crippen molar-refractivity contribution in [1.29, 1.82) is 0 Å². The maximum atomic E-state index is 6.90. The second-order valence-electron chi connectivity index (χ2n) is 11.5. The fraction of sp³-hybridized carbons (Fsp3) is 0. The molecule has 212 valence electrons. The number of nitrogens with zero attached hydrogens (tertiary/aromatic N) is 2. The van der Waals surface area contributed by atoms with E-state index in [1.54, 1.807) is 0 Å². The summed E-state index contributed by atoms with van der Waals surface area (Å²) >= 11 is 6.90. The molecule has 2 aromatic heterocycles. The number of aromatic nitrogens is 2. The predicted octanol–water partition coefficient (Wildman–Crippen LogP) is 11.9. The summed E-state index contributed by atoms with van der Waals surface area (Å²) in [6.07, 6.45) is 0. The van der Waals surface area contributed by atoms with Crippen molar-refractivity contribution in [2.45, 2.75) is 0 Å². The largest absolute Gasteiger partial charge is 0.309 e. The lowest BCUT2D eigenvalue weighted by atomic mass is 9.92. The van der Waals surface area contributed by atoms with Gasteiger partial charge in [0, 0.05) is 43.4 Å². The zero-order chi connectivity index (χ0) is 29.9. The van der Waals surface area contributed by atoms with E-state index in [9.17, 15) is 0 Å². The molecule has 0 aliphatic carbocycles. The van der Waals surface area contributed by atoms with Crippen LogP contribution >= 0.6 is 11.6 Å². The molecular weight excluding hydrogens is 568 g/mol. The molecule has 0 unspecified atom stereocenters. The normalized spacial score (nSPS) is 11.7. The lowest BCUT2D eigenvalue weighted by molar-refractivity contribution is 1.17. The summed E-state index contributed by atoms with van der Waals surface area (Å²) in [5.41, 5.74) is 11.3. The summed E-state index contributed by atoms with van der Waals surface area (Å²) in [5.74, 6) is 0. The first-order valence-corrected chi connectivity index (χ1v) is 15.6. The second-order valence-corrected chi connectivity index (χ2v) is 11.9. The van der Waals surface area contributed by atoms with Gasteiger partial charge >= 0.3 is 0 Å². The third-order valence-corrected chi connectivity index (χ3v) is 9.35. The minimum atomic E-state index is 0.734. The van der Waals surface area contributed by atoms with Crippen molar-refractivity contribution < 1.29 is 0 Å². The highest BCUT2D eigenvalue weighted by atomic mass is 35.5. The number of benzene rings is 7. The fourth-order valence-electron chi connectivity index (χ4n) is 7.09. The standard InChI is InChI=1S/C42H27ClN2/c43-37-19-7-1-13-30(37)29-26-25-28(44-38-20-8-2-14-31(38)32-15-3-9-21-39(32)44)27-36(29)35-18-6-12-24-42(35)45-40-22-10-4-16-33(40)34-17-5-11-23-41(34)45/h1-27H. The van der Waals surface area contributed by atoms with E-state index in [0.717, 1.165) is 38.7 Å². The van der Waals surface area contributed by atoms with E-state index < -0.39 is 0 Å². The van der Waals surface area contributed by atoms with Crippen molar-refractivity contribution >= 4 is 55.2 Å². The number of halogens is 1. The van der Waals surface area contributed by atoms with Gasteiger partial charge in [-0.3, -0.25) is 0 Å². The van der Waals surface area contributed by atoms with Crippen LogP contribution in [0.4, 0.5) is 0 Å². The molecule has 0 radical (unpaired) electrons. The van der Waals surface area contributed by atoms with E-state index in [1.807, 2.05) is 12.1 Å². The van der Waals surface area contributed by atoms with Gasteiger partial charge in [-0.1, -0.05) is 127 Å². The van der Waals surface area contributed by atoms with E-state index in [2.05, 4.69) is 161 Å². The van der Waals surface area contributed by atoms with Crippen LogP contribution in [0.2, 0.25) is 5.02 Å². The highest BCUT2D eigenvalue weighted by Crippen LogP contribution is 2.43. The summed E-state index contributed by atoms with van der Waals surface area (Å²) in [6, 6.07) is 58.4. The SMILES string of the molecule is Clc1ccccc1-c1ccc(-n2c3ccccc3c3ccccc32)cc1-c1ccccc1-n1c2ccccc2c2ccccc21. The van der Waals surface area contributed by atoms with Crippen molar-refractivity contribution in [2.75, 3.05) is 0 Å². The lowest BCUT2D eigenvalue weighted by Gasteiger charge is -2.19. The Kier molecular flexibility index (Phi) is 5.90. The number of hydrogen-bond acceptors (Lipinski definition) is 0. The van der Waals surface area contributed by atoms with Crippen molar-refractivity contribution in [3.63, 3.8) is 0 Å². The minimum absolute atomic E-state index is 0.734. The van der Waals surface area contributed by atoms with Crippen molar-refractivity contribution in [2.24, 2.45) is 0 Å². The van der Waals surface area contributed by atoms with Crippen LogP contribution in [0.1, 0.15) is 0 Å². The van der Waals surface area contributed by atoms with E-state index in [1.165, 1.54) is 43.6 Å². The van der Waals surface area contributed by atoms with Crippen LogP contribution in [0.5, 0.6) is 0 Å². The fourth-order valence-corrected chi connectivity index (χ4v) is 7.33. The average Bonchev–Trinajstić information content (AvgIpc) is 3.62. The molecule has 0 spiro atoms. The van der Waals surface area contributed by atoms with Gasteiger partial charge in [0.25, 0.3) is 0 Å². The summed E-state index contributed by atoms with van der Waals surface area (Å²) in [7, 11) is 0. The van der Waals surface area contributed by atoms with Gasteiger partial charge in [0.1, 0.15) is 0 Å². The van der Waals surface area contributed by atoms with Crippen LogP contribution in [-0.4, -0.2) is 9.13 Å². The molecule has 0 atom stereocenters. The van der Waals surface area contributed by atoms with Crippen LogP contribution in [0.3, 0.4) is 0 Å². The summed E-state index contributed by atoms with van der Waals surface area (Å²) in [4.78, 5) is 0. The molecule has 0 N–H and O–H groups in total. The molecule has 0 saturated heterocycles. The Hall–Kier alpha value is -5.57. The molecule has 3 heteroatoms. The number of fused-ring (bicyclic) bond motifs is 6. The van der Waals surface area contributed by atoms with Gasteiger partial charge in [0.15, 0.2) is 0 Å². The third kappa shape index (κ3) is 3.96. The molecule has 2 nitrogen and oxygen atoms in total. The quantitative estimate of drug-likeness (QED) is 0.192. The van der Waals surface area contributed by atoms with Crippen molar-refractivity contribution in [3.8, 4) is 33.6 Å². The van der Waals surface area contributed by atoms with Gasteiger partial charge < -0.3 is 9.13 Å². The molecular formula is C42H27ClN2. The van der Waals surface area contributed by atoms with E-state index in [4.69, 9.17) is 11.6 Å². The Morgan fingerprint density at radius 2 is 0.778 bits per heavy atom. The first kappa shape index (κ1) is 25.9. The first-order chi connectivity index (χ1) is 22.3. The molecule has 0 amide bonds. The summed E-state index contributed by atoms with van der Waals surface area (Å²) in [6.45, 7) is 0. The highest BCUT2D eigenvalue weighted by Gasteiger charge is 2.20. The van der Waals surface area contributed by atoms with E-state index >= 15 is 0 Å². The first-order valence-electron chi connectivity index (χ1n) is 15.2. The van der Waals surface area contributed by atoms with Gasteiger partial charge in [-0.05, 0) is 59.7 Å². The second kappa shape index (κ2) is 10.3. The molecule has 0 aliphatic heterocycles. The van der Waals surface area contributed by atoms with Gasteiger partial charge in [-0.25, -0.2) is 0 Å². The molecule has 9 aromatic rings. The number of rotatable bonds is 4. The molecule has 9 rings (SSSR count). The molecule has 0 aliphatic rings. The van der Waals surface area contributed by atoms with Crippen LogP contribution in [0, 0.1) is 0 Å². The molecule has 0 saturated carbocycles. The van der Waals surface area contributed by atoms with Crippen LogP contribution in [0.15, 0.2) is 164 Å². The maximum Gasteiger partial charge on any atom is 0.0541 e. The highest BCUT2D eigenvalue weighted by molar-refractivity contribution is 6.33. The third-order valence-electron chi connectivity index (χ3n) is 9.02. The zero-order valence-corrected chi connectivity index (χ0v) is 25.1. The van der Waals surface area contributed by atoms with Gasteiger partial charge in [-0.15, -0.1) is 0 Å². The number of hydrogen-bond donors (Lipinski definition) is 0. The summed E-state index contributed by atoms with van der Waals surface area (Å²) < 4.78 is 4.79. The topological polar surface area (TPSA) is 9.86 Å². The monoisotopic (exact) mass is 594 g/mol. The van der Waals surface area contributed by atoms with Crippen LogP contribution in [-0.2, 0) is 0 Å². The minimum Gasteiger partial charge on any atom is -0.309 e. The van der Waals surface area contributed by atoms with Crippen LogP contribution in [0.25, 0.3) is 77.2 Å². The van der Waals surface area contributed by atoms with E-state index in [-0.39, 0.29) is 0 Å². The Bertz CT molecular complexity index is 2460. The number of para-hydroxylation sites is 5. The Balaban J connectivity index is 1.38. The Morgan fingerprint density at radius 1 is 0.333 bits per heavy atom. The Labute approximate surface area is 266 Å². The van der Waals surface area contributed by atoms with Crippen molar-refractivity contribution in [3.05, 3.63) is 169 Å². The molecule has 2 heterocycles. The van der Waals surface area contributed by atoms with Gasteiger partial charge in [-0.2, -0.15) is 0 Å². The van der Waals surface area contributed by atoms with Crippen molar-refractivity contribution in [1.82, 2.24) is 9.13 Å². The molecule has 0 fully saturated rings. The molecule has 45 heavy (non-hydrogen) atoms. The van der Waals surface area contributed by atoms with Crippen LogP contribution < -0.4 is 0 Å². The Morgan fingerprint density at radius 3 is 1.33 bits per heavy atom.